The lowest BCUT2D eigenvalue weighted by atomic mass is 9.65. The Labute approximate surface area is 248 Å². The van der Waals surface area contributed by atoms with Gasteiger partial charge in [-0.2, -0.15) is 0 Å². The summed E-state index contributed by atoms with van der Waals surface area (Å²) in [4.78, 5) is 13.3. The number of nitrogens with two attached hydrogens (primary N) is 1. The summed E-state index contributed by atoms with van der Waals surface area (Å²) in [5.41, 5.74) is 7.91. The van der Waals surface area contributed by atoms with E-state index in [9.17, 15) is 14.1 Å². The van der Waals surface area contributed by atoms with Gasteiger partial charge in [0.2, 0.25) is 12.5 Å². The number of fused-ring (bicyclic) bond motifs is 3. The third-order valence-corrected chi connectivity index (χ3v) is 9.13. The summed E-state index contributed by atoms with van der Waals surface area (Å²) in [5.74, 6) is 0.252. The van der Waals surface area contributed by atoms with E-state index < -0.39 is 28.9 Å². The zero-order valence-electron chi connectivity index (χ0n) is 24.0. The number of phenolic OH excluding ortho intramolecular Hbond substituents is 1. The molecule has 0 amide bonds. The second kappa shape index (κ2) is 13.9. The molecule has 12 nitrogen and oxygen atoms in total. The second-order valence-corrected chi connectivity index (χ2v) is 11.9. The summed E-state index contributed by atoms with van der Waals surface area (Å²) >= 11 is 0. The van der Waals surface area contributed by atoms with Crippen LogP contribution in [0.15, 0.2) is 24.3 Å². The van der Waals surface area contributed by atoms with Gasteiger partial charge in [0, 0.05) is 18.4 Å². The van der Waals surface area contributed by atoms with E-state index in [-0.39, 0.29) is 42.5 Å². The largest absolute Gasteiger partial charge is 0.502 e. The maximum atomic E-state index is 13.3. The molecule has 5 rings (SSSR count). The Hall–Kier alpha value is -3.10. The molecule has 0 radical (unpaired) electrons. The Morgan fingerprint density at radius 2 is 1.60 bits per heavy atom. The molecule has 2 aliphatic heterocycles. The van der Waals surface area contributed by atoms with Crippen LogP contribution in [-0.2, 0) is 20.5 Å². The summed E-state index contributed by atoms with van der Waals surface area (Å²) in [6.45, 7) is 4.18. The van der Waals surface area contributed by atoms with Crippen molar-refractivity contribution in [1.82, 2.24) is 15.4 Å². The Balaban J connectivity index is 1.38. The number of cyclic esters (lactones) is 1. The van der Waals surface area contributed by atoms with Gasteiger partial charge >= 0.3 is 5.97 Å². The highest BCUT2D eigenvalue weighted by Gasteiger charge is 2.53. The molecule has 1 fully saturated rings. The van der Waals surface area contributed by atoms with Gasteiger partial charge in [-0.15, -0.1) is 0 Å². The first kappa shape index (κ1) is 30.4. The van der Waals surface area contributed by atoms with Crippen LogP contribution in [0.1, 0.15) is 41.5 Å². The summed E-state index contributed by atoms with van der Waals surface area (Å²) in [6.07, 6.45) is 1.92. The number of phenols is 1. The highest BCUT2D eigenvalue weighted by atomic mass is 32.2. The van der Waals surface area contributed by atoms with Crippen LogP contribution in [0, 0.1) is 11.8 Å². The average Bonchev–Trinajstić information content (AvgIpc) is 3.62. The lowest BCUT2D eigenvalue weighted by Gasteiger charge is -2.39. The first-order chi connectivity index (χ1) is 20.5. The first-order valence-electron chi connectivity index (χ1n) is 14.3. The molecule has 0 saturated carbocycles. The summed E-state index contributed by atoms with van der Waals surface area (Å²) < 4.78 is 44.4. The first-order valence-corrected chi connectivity index (χ1v) is 15.6. The minimum Gasteiger partial charge on any atom is -0.502 e. The number of carbonyl (C=O) groups excluding carboxylic acids is 1. The monoisotopic (exact) mass is 604 g/mol. The maximum Gasteiger partial charge on any atom is 0.310 e. The van der Waals surface area contributed by atoms with Crippen molar-refractivity contribution in [3.8, 4) is 28.7 Å². The minimum atomic E-state index is -1.38. The van der Waals surface area contributed by atoms with Crippen molar-refractivity contribution in [2.24, 2.45) is 17.6 Å². The van der Waals surface area contributed by atoms with Crippen molar-refractivity contribution in [1.29, 1.82) is 0 Å². The van der Waals surface area contributed by atoms with Gasteiger partial charge in [-0.25, -0.2) is 8.93 Å². The zero-order valence-corrected chi connectivity index (χ0v) is 24.8. The third-order valence-electron chi connectivity index (χ3n) is 8.04. The van der Waals surface area contributed by atoms with E-state index in [2.05, 4.69) is 15.4 Å². The lowest BCUT2D eigenvalue weighted by Crippen LogP contribution is -2.42. The van der Waals surface area contributed by atoms with E-state index >= 15 is 0 Å². The molecule has 1 saturated heterocycles. The molecule has 0 spiro atoms. The van der Waals surface area contributed by atoms with Crippen LogP contribution < -0.4 is 40.0 Å². The van der Waals surface area contributed by atoms with E-state index in [1.165, 1.54) is 14.2 Å². The molecule has 1 aliphatic carbocycles. The van der Waals surface area contributed by atoms with E-state index in [4.69, 9.17) is 29.4 Å². The van der Waals surface area contributed by atoms with Gasteiger partial charge in [-0.05, 0) is 80.0 Å². The summed E-state index contributed by atoms with van der Waals surface area (Å²) in [7, 11) is 1.54. The molecular formula is C29H40N4O8S. The predicted octanol–water partition coefficient (Wildman–Crippen LogP) is 1.29. The van der Waals surface area contributed by atoms with Crippen LogP contribution in [-0.4, -0.2) is 81.4 Å². The van der Waals surface area contributed by atoms with Crippen LogP contribution in [0.3, 0.4) is 0 Å². The standard InChI is InChI=1S/C29H40N4O8S/c1-37-23-11-17(12-24(38-2)28(23)34)25-18-13-21-22(41-16-40-21)14-19(18)27(20-15-39-29(35)26(20)25)33-42(36)10-9-32-8-4-7-31-6-3-5-30/h11-14,20,25-27,31-34H,3-10,15-16,30H2,1-2H3/t20?,25-,26+,27?,42?/m1/s1. The number of ether oxygens (including phenoxy) is 5. The van der Waals surface area contributed by atoms with Crippen molar-refractivity contribution >= 4 is 17.0 Å². The molecule has 6 N–H and O–H groups in total. The van der Waals surface area contributed by atoms with Crippen LogP contribution in [0.25, 0.3) is 0 Å². The van der Waals surface area contributed by atoms with Crippen LogP contribution in [0.4, 0.5) is 0 Å². The number of hydrogen-bond donors (Lipinski definition) is 5. The van der Waals surface area contributed by atoms with Gasteiger partial charge in [0.1, 0.15) is 0 Å². The van der Waals surface area contributed by atoms with Crippen LogP contribution in [0.5, 0.6) is 28.7 Å². The predicted molar refractivity (Wildman–Crippen MR) is 156 cm³/mol. The molecule has 2 aromatic rings. The van der Waals surface area contributed by atoms with E-state index in [1.54, 1.807) is 12.1 Å². The number of rotatable bonds is 15. The quantitative estimate of drug-likeness (QED) is 0.147. The van der Waals surface area contributed by atoms with Crippen LogP contribution in [0.2, 0.25) is 0 Å². The number of esters is 1. The maximum absolute atomic E-state index is 13.3. The molecule has 3 unspecified atom stereocenters. The van der Waals surface area contributed by atoms with Gasteiger partial charge in [0.05, 0.1) is 49.5 Å². The second-order valence-electron chi connectivity index (χ2n) is 10.5. The number of methoxy groups -OCH3 is 2. The van der Waals surface area contributed by atoms with Crippen molar-refractivity contribution in [2.75, 3.05) is 66.1 Å². The highest BCUT2D eigenvalue weighted by Crippen LogP contribution is 2.55. The Kier molecular flexibility index (Phi) is 10.1. The molecule has 2 heterocycles. The van der Waals surface area contributed by atoms with Gasteiger partial charge in [0.15, 0.2) is 23.0 Å². The Morgan fingerprint density at radius 1 is 0.952 bits per heavy atom. The van der Waals surface area contributed by atoms with E-state index in [0.29, 0.717) is 30.3 Å². The topological polar surface area (TPSA) is 163 Å². The number of carbonyl (C=O) groups is 1. The fourth-order valence-corrected chi connectivity index (χ4v) is 7.02. The average molecular weight is 605 g/mol. The van der Waals surface area contributed by atoms with Crippen molar-refractivity contribution in [3.63, 3.8) is 0 Å². The summed E-state index contributed by atoms with van der Waals surface area (Å²) in [6, 6.07) is 6.80. The minimum absolute atomic E-state index is 0.0941. The van der Waals surface area contributed by atoms with Crippen molar-refractivity contribution in [2.45, 2.75) is 24.8 Å². The number of aromatic hydroxyl groups is 1. The number of nitrogens with one attached hydrogen (secondary N) is 3. The number of benzene rings is 2. The third kappa shape index (κ3) is 6.30. The molecule has 13 heteroatoms. The smallest absolute Gasteiger partial charge is 0.310 e. The van der Waals surface area contributed by atoms with E-state index in [1.807, 2.05) is 12.1 Å². The van der Waals surface area contributed by atoms with Crippen molar-refractivity contribution in [3.05, 3.63) is 41.0 Å². The van der Waals surface area contributed by atoms with E-state index in [0.717, 1.165) is 49.2 Å². The molecule has 0 bridgehead atoms. The number of hydrogen-bond acceptors (Lipinski definition) is 11. The Bertz CT molecular complexity index is 1270. The van der Waals surface area contributed by atoms with Crippen LogP contribution >= 0.6 is 0 Å². The van der Waals surface area contributed by atoms with Gasteiger partial charge in [0.25, 0.3) is 0 Å². The Morgan fingerprint density at radius 3 is 2.26 bits per heavy atom. The van der Waals surface area contributed by atoms with Gasteiger partial charge in [-0.3, -0.25) is 4.79 Å². The SMILES string of the molecule is COc1cc([C@@H]2c3cc4c(cc3C(NS(=O)CCNCCCNCCCN)C3COC(=O)[C@@H]32)OCO4)cc(OC)c1O. The molecule has 42 heavy (non-hydrogen) atoms. The molecule has 5 atom stereocenters. The molecule has 230 valence electrons. The van der Waals surface area contributed by atoms with Crippen molar-refractivity contribution < 1.29 is 37.8 Å². The lowest BCUT2D eigenvalue weighted by molar-refractivity contribution is -0.141. The summed E-state index contributed by atoms with van der Waals surface area (Å²) in [5, 5.41) is 17.2. The fraction of sp³-hybridized carbons (Fsp3) is 0.552. The normalized spacial score (nSPS) is 22.8. The van der Waals surface area contributed by atoms with Gasteiger partial charge < -0.3 is 45.2 Å². The zero-order chi connectivity index (χ0) is 29.6. The fourth-order valence-electron chi connectivity index (χ4n) is 5.99. The van der Waals surface area contributed by atoms with Gasteiger partial charge in [-0.1, -0.05) is 0 Å². The molecule has 0 aromatic heterocycles. The molecule has 3 aliphatic rings. The highest BCUT2D eigenvalue weighted by molar-refractivity contribution is 7.83. The molecular weight excluding hydrogens is 564 g/mol. The molecule has 2 aromatic carbocycles.